The van der Waals surface area contributed by atoms with Crippen LogP contribution in [0.2, 0.25) is 4.34 Å². The van der Waals surface area contributed by atoms with Crippen LogP contribution < -0.4 is 5.32 Å². The van der Waals surface area contributed by atoms with Gasteiger partial charge in [0.2, 0.25) is 0 Å². The van der Waals surface area contributed by atoms with E-state index in [4.69, 9.17) is 11.6 Å². The van der Waals surface area contributed by atoms with Gasteiger partial charge in [-0.3, -0.25) is 14.6 Å². The van der Waals surface area contributed by atoms with Gasteiger partial charge in [0, 0.05) is 44.0 Å². The summed E-state index contributed by atoms with van der Waals surface area (Å²) in [5, 5.41) is 3.03. The first-order valence-corrected chi connectivity index (χ1v) is 11.6. The fourth-order valence-corrected chi connectivity index (χ4v) is 5.91. The Morgan fingerprint density at radius 3 is 2.47 bits per heavy atom. The van der Waals surface area contributed by atoms with Gasteiger partial charge in [-0.05, 0) is 36.1 Å². The zero-order valence-electron chi connectivity index (χ0n) is 16.8. The number of fused-ring (bicyclic) bond motifs is 1. The third-order valence-electron chi connectivity index (χ3n) is 6.49. The second-order valence-corrected chi connectivity index (χ2v) is 10.2. The molecule has 30 heavy (non-hydrogen) atoms. The third kappa shape index (κ3) is 3.75. The molecule has 1 unspecified atom stereocenters. The number of nitrogens with one attached hydrogen (secondary N) is 1. The summed E-state index contributed by atoms with van der Waals surface area (Å²) in [6.45, 7) is 4.77. The van der Waals surface area contributed by atoms with Gasteiger partial charge in [0.15, 0.2) is 0 Å². The number of carbonyl (C=O) groups is 2. The SMILES string of the molecule is O=C1NC2(CCc3ccccc3C2)C(=O)N1CN1CCN(Cc2ccc(Cl)s2)CC1. The molecule has 2 saturated heterocycles. The van der Waals surface area contributed by atoms with Gasteiger partial charge in [-0.1, -0.05) is 35.9 Å². The zero-order chi connectivity index (χ0) is 20.7. The van der Waals surface area contributed by atoms with E-state index in [2.05, 4.69) is 33.3 Å². The topological polar surface area (TPSA) is 55.9 Å². The van der Waals surface area contributed by atoms with Gasteiger partial charge >= 0.3 is 6.03 Å². The van der Waals surface area contributed by atoms with Gasteiger partial charge in [0.25, 0.3) is 5.91 Å². The molecule has 1 spiro atoms. The molecule has 2 fully saturated rings. The number of piperazine rings is 1. The number of thiophene rings is 1. The Bertz CT molecular complexity index is 972. The minimum absolute atomic E-state index is 0.0716. The Morgan fingerprint density at radius 1 is 1.00 bits per heavy atom. The van der Waals surface area contributed by atoms with Crippen molar-refractivity contribution in [2.24, 2.45) is 0 Å². The predicted octanol–water partition coefficient (Wildman–Crippen LogP) is 2.96. The first kappa shape index (κ1) is 20.0. The molecule has 158 valence electrons. The Kier molecular flexibility index (Phi) is 5.31. The molecule has 1 aromatic heterocycles. The van der Waals surface area contributed by atoms with Crippen LogP contribution in [0.3, 0.4) is 0 Å². The van der Waals surface area contributed by atoms with Crippen LogP contribution in [0.1, 0.15) is 22.4 Å². The van der Waals surface area contributed by atoms with Crippen LogP contribution in [0.15, 0.2) is 36.4 Å². The summed E-state index contributed by atoms with van der Waals surface area (Å²) in [5.41, 5.74) is 1.68. The standard InChI is InChI=1S/C22H25ClN4O2S/c23-19-6-5-18(30-19)14-25-9-11-26(12-10-25)15-27-20(28)22(24-21(27)29)8-7-16-3-1-2-4-17(16)13-22/h1-6H,7-15H2,(H,24,29). The molecule has 2 aliphatic heterocycles. The van der Waals surface area contributed by atoms with Crippen LogP contribution in [-0.2, 0) is 24.2 Å². The largest absolute Gasteiger partial charge is 0.326 e. The Morgan fingerprint density at radius 2 is 1.73 bits per heavy atom. The minimum Gasteiger partial charge on any atom is -0.323 e. The number of nitrogens with zero attached hydrogens (tertiary/aromatic N) is 3. The van der Waals surface area contributed by atoms with E-state index in [9.17, 15) is 9.59 Å². The number of imide groups is 1. The molecule has 0 radical (unpaired) electrons. The molecule has 2 aromatic rings. The number of benzene rings is 1. The fraction of sp³-hybridized carbons (Fsp3) is 0.455. The van der Waals surface area contributed by atoms with Crippen molar-refractivity contribution in [3.63, 3.8) is 0 Å². The number of urea groups is 1. The van der Waals surface area contributed by atoms with Crippen molar-refractivity contribution in [1.29, 1.82) is 0 Å². The summed E-state index contributed by atoms with van der Waals surface area (Å²) in [6.07, 6.45) is 2.07. The lowest BCUT2D eigenvalue weighted by molar-refractivity contribution is -0.133. The highest BCUT2D eigenvalue weighted by atomic mass is 35.5. The maximum atomic E-state index is 13.3. The molecule has 0 saturated carbocycles. The van der Waals surface area contributed by atoms with Crippen LogP contribution in [0, 0.1) is 0 Å². The highest BCUT2D eigenvalue weighted by molar-refractivity contribution is 7.16. The lowest BCUT2D eigenvalue weighted by Crippen LogP contribution is -2.53. The van der Waals surface area contributed by atoms with E-state index in [1.807, 2.05) is 18.2 Å². The average Bonchev–Trinajstić information content (AvgIpc) is 3.25. The van der Waals surface area contributed by atoms with Crippen molar-refractivity contribution < 1.29 is 9.59 Å². The van der Waals surface area contributed by atoms with Crippen molar-refractivity contribution in [3.8, 4) is 0 Å². The monoisotopic (exact) mass is 444 g/mol. The summed E-state index contributed by atoms with van der Waals surface area (Å²) in [5.74, 6) is -0.0716. The molecule has 6 nitrogen and oxygen atoms in total. The number of carbonyl (C=O) groups excluding carboxylic acids is 2. The molecular formula is C22H25ClN4O2S. The maximum absolute atomic E-state index is 13.3. The number of rotatable bonds is 4. The number of aryl methyl sites for hydroxylation is 1. The lowest BCUT2D eigenvalue weighted by Gasteiger charge is -2.36. The van der Waals surface area contributed by atoms with E-state index in [0.717, 1.165) is 43.5 Å². The van der Waals surface area contributed by atoms with Gasteiger partial charge in [0.05, 0.1) is 11.0 Å². The van der Waals surface area contributed by atoms with Crippen molar-refractivity contribution in [2.45, 2.75) is 31.3 Å². The Balaban J connectivity index is 1.19. The summed E-state index contributed by atoms with van der Waals surface area (Å²) < 4.78 is 0.821. The minimum atomic E-state index is -0.772. The second-order valence-electron chi connectivity index (χ2n) is 8.43. The summed E-state index contributed by atoms with van der Waals surface area (Å²) in [7, 11) is 0. The predicted molar refractivity (Wildman–Crippen MR) is 118 cm³/mol. The van der Waals surface area contributed by atoms with Crippen molar-refractivity contribution in [1.82, 2.24) is 20.0 Å². The van der Waals surface area contributed by atoms with Gasteiger partial charge in [-0.15, -0.1) is 11.3 Å². The first-order chi connectivity index (χ1) is 14.5. The van der Waals surface area contributed by atoms with E-state index in [-0.39, 0.29) is 11.9 Å². The van der Waals surface area contributed by atoms with Crippen molar-refractivity contribution in [3.05, 3.63) is 56.7 Å². The molecule has 1 atom stereocenters. The van der Waals surface area contributed by atoms with Gasteiger partial charge in [-0.25, -0.2) is 9.69 Å². The number of halogens is 1. The van der Waals surface area contributed by atoms with Gasteiger partial charge < -0.3 is 5.32 Å². The molecule has 1 aliphatic carbocycles. The molecule has 5 rings (SSSR count). The van der Waals surface area contributed by atoms with E-state index < -0.39 is 5.54 Å². The maximum Gasteiger partial charge on any atom is 0.326 e. The summed E-state index contributed by atoms with van der Waals surface area (Å²) >= 11 is 7.65. The van der Waals surface area contributed by atoms with Crippen LogP contribution in [0.5, 0.6) is 0 Å². The summed E-state index contributed by atoms with van der Waals surface area (Å²) in [6, 6.07) is 12.0. The van der Waals surface area contributed by atoms with Crippen molar-refractivity contribution in [2.75, 3.05) is 32.8 Å². The highest BCUT2D eigenvalue weighted by Gasteiger charge is 2.52. The lowest BCUT2D eigenvalue weighted by atomic mass is 9.78. The fourth-order valence-electron chi connectivity index (χ4n) is 4.78. The van der Waals surface area contributed by atoms with Gasteiger partial charge in [-0.2, -0.15) is 0 Å². The van der Waals surface area contributed by atoms with E-state index in [1.54, 1.807) is 11.3 Å². The van der Waals surface area contributed by atoms with E-state index in [0.29, 0.717) is 19.5 Å². The van der Waals surface area contributed by atoms with Gasteiger partial charge in [0.1, 0.15) is 5.54 Å². The Labute approximate surface area is 185 Å². The van der Waals surface area contributed by atoms with Crippen LogP contribution in [0.25, 0.3) is 0 Å². The molecule has 3 aliphatic rings. The third-order valence-corrected chi connectivity index (χ3v) is 7.71. The molecule has 1 aromatic carbocycles. The summed E-state index contributed by atoms with van der Waals surface area (Å²) in [4.78, 5) is 33.3. The second kappa shape index (κ2) is 7.96. The molecule has 3 amide bonds. The molecule has 1 N–H and O–H groups in total. The number of hydrogen-bond acceptors (Lipinski definition) is 5. The first-order valence-electron chi connectivity index (χ1n) is 10.4. The highest BCUT2D eigenvalue weighted by Crippen LogP contribution is 2.33. The molecular weight excluding hydrogens is 420 g/mol. The number of hydrogen-bond donors (Lipinski definition) is 1. The van der Waals surface area contributed by atoms with E-state index >= 15 is 0 Å². The molecule has 3 heterocycles. The normalized spacial score (nSPS) is 25.0. The van der Waals surface area contributed by atoms with Crippen LogP contribution >= 0.6 is 22.9 Å². The quantitative estimate of drug-likeness (QED) is 0.736. The van der Waals surface area contributed by atoms with Crippen molar-refractivity contribution >= 4 is 34.9 Å². The van der Waals surface area contributed by atoms with E-state index in [1.165, 1.54) is 20.9 Å². The van der Waals surface area contributed by atoms with Crippen LogP contribution in [-0.4, -0.2) is 65.0 Å². The molecule has 0 bridgehead atoms. The number of amides is 3. The van der Waals surface area contributed by atoms with Crippen LogP contribution in [0.4, 0.5) is 4.79 Å². The smallest absolute Gasteiger partial charge is 0.323 e. The Hall–Kier alpha value is -1.93. The average molecular weight is 445 g/mol. The molecule has 8 heteroatoms. The zero-order valence-corrected chi connectivity index (χ0v) is 18.3.